The summed E-state index contributed by atoms with van der Waals surface area (Å²) in [5.41, 5.74) is 12.5. The maximum absolute atomic E-state index is 6.53. The Hall–Kier alpha value is -6.97. The van der Waals surface area contributed by atoms with Crippen LogP contribution < -0.4 is 4.90 Å². The van der Waals surface area contributed by atoms with Crippen LogP contribution in [0.3, 0.4) is 0 Å². The van der Waals surface area contributed by atoms with Gasteiger partial charge in [0.2, 0.25) is 0 Å². The molecule has 0 radical (unpaired) electrons. The third-order valence-electron chi connectivity index (χ3n) is 10.0. The summed E-state index contributed by atoms with van der Waals surface area (Å²) in [6.45, 7) is 0. The standard InChI is InChI=1S/C49H32N2O/c1-3-11-33(12-4-1)34-19-23-40(24-20-34)51(42-27-28-43-45-29-37-15-7-8-16-38(37)31-47(45)52-48(43)32-42)41-25-21-35(22-26-41)44-30-39-17-9-10-18-46(39)50-49(44)36-13-5-2-6-14-36/h1-32H. The van der Waals surface area contributed by atoms with Crippen molar-refractivity contribution >= 4 is 60.7 Å². The smallest absolute Gasteiger partial charge is 0.137 e. The summed E-state index contributed by atoms with van der Waals surface area (Å²) in [4.78, 5) is 7.46. The first kappa shape index (κ1) is 29.9. The Kier molecular flexibility index (Phi) is 7.14. The number of nitrogens with zero attached hydrogens (tertiary/aromatic N) is 2. The van der Waals surface area contributed by atoms with Gasteiger partial charge < -0.3 is 9.32 Å². The molecule has 8 aromatic carbocycles. The summed E-state index contributed by atoms with van der Waals surface area (Å²) in [6, 6.07) is 68.6. The lowest BCUT2D eigenvalue weighted by Crippen LogP contribution is -2.09. The molecule has 0 N–H and O–H groups in total. The molecular formula is C49H32N2O. The van der Waals surface area contributed by atoms with E-state index in [4.69, 9.17) is 9.40 Å². The van der Waals surface area contributed by atoms with E-state index < -0.39 is 0 Å². The quantitative estimate of drug-likeness (QED) is 0.177. The Labute approximate surface area is 301 Å². The molecule has 0 saturated carbocycles. The van der Waals surface area contributed by atoms with Gasteiger partial charge in [-0.1, -0.05) is 127 Å². The molecule has 52 heavy (non-hydrogen) atoms. The normalized spacial score (nSPS) is 11.5. The Bertz CT molecular complexity index is 2880. The minimum Gasteiger partial charge on any atom is -0.456 e. The Morgan fingerprint density at radius 1 is 0.365 bits per heavy atom. The topological polar surface area (TPSA) is 29.3 Å². The molecule has 0 aliphatic carbocycles. The highest BCUT2D eigenvalue weighted by Gasteiger charge is 2.18. The number of hydrogen-bond acceptors (Lipinski definition) is 3. The number of furan rings is 1. The van der Waals surface area contributed by atoms with Crippen molar-refractivity contribution in [2.75, 3.05) is 4.90 Å². The van der Waals surface area contributed by atoms with Gasteiger partial charge in [0.25, 0.3) is 0 Å². The van der Waals surface area contributed by atoms with Crippen LogP contribution in [0.5, 0.6) is 0 Å². The lowest BCUT2D eigenvalue weighted by atomic mass is 9.97. The van der Waals surface area contributed by atoms with Crippen LogP contribution in [-0.4, -0.2) is 4.98 Å². The SMILES string of the molecule is c1ccc(-c2ccc(N(c3ccc(-c4cc5ccccc5nc4-c4ccccc4)cc3)c3ccc4c(c3)oc3cc5ccccc5cc34)cc2)cc1. The summed E-state index contributed by atoms with van der Waals surface area (Å²) >= 11 is 0. The van der Waals surface area contributed by atoms with E-state index in [-0.39, 0.29) is 0 Å². The van der Waals surface area contributed by atoms with Crippen molar-refractivity contribution in [1.82, 2.24) is 4.98 Å². The molecule has 0 fully saturated rings. The second-order valence-corrected chi connectivity index (χ2v) is 13.2. The fourth-order valence-corrected chi connectivity index (χ4v) is 7.41. The van der Waals surface area contributed by atoms with Crippen molar-refractivity contribution in [3.63, 3.8) is 0 Å². The fraction of sp³-hybridized carbons (Fsp3) is 0. The van der Waals surface area contributed by atoms with Crippen molar-refractivity contribution < 1.29 is 4.42 Å². The number of rotatable bonds is 6. The first-order valence-electron chi connectivity index (χ1n) is 17.6. The van der Waals surface area contributed by atoms with Crippen LogP contribution in [0.15, 0.2) is 199 Å². The number of anilines is 3. The molecule has 10 rings (SSSR count). The zero-order chi connectivity index (χ0) is 34.4. The van der Waals surface area contributed by atoms with E-state index >= 15 is 0 Å². The number of aromatic nitrogens is 1. The number of fused-ring (bicyclic) bond motifs is 5. The summed E-state index contributed by atoms with van der Waals surface area (Å²) in [6.07, 6.45) is 0. The predicted octanol–water partition coefficient (Wildman–Crippen LogP) is 13.8. The van der Waals surface area contributed by atoms with Gasteiger partial charge in [0.15, 0.2) is 0 Å². The van der Waals surface area contributed by atoms with Gasteiger partial charge in [-0.25, -0.2) is 4.98 Å². The highest BCUT2D eigenvalue weighted by molar-refractivity contribution is 6.11. The van der Waals surface area contributed by atoms with Crippen molar-refractivity contribution in [3.8, 4) is 33.5 Å². The molecule has 0 bridgehead atoms. The van der Waals surface area contributed by atoms with E-state index in [9.17, 15) is 0 Å². The highest BCUT2D eigenvalue weighted by Crippen LogP contribution is 2.41. The van der Waals surface area contributed by atoms with Crippen molar-refractivity contribution in [3.05, 3.63) is 194 Å². The van der Waals surface area contributed by atoms with Gasteiger partial charge in [-0.15, -0.1) is 0 Å². The molecule has 0 aliphatic rings. The zero-order valence-corrected chi connectivity index (χ0v) is 28.3. The van der Waals surface area contributed by atoms with E-state index in [2.05, 4.69) is 187 Å². The molecule has 3 nitrogen and oxygen atoms in total. The van der Waals surface area contributed by atoms with Gasteiger partial charge in [0, 0.05) is 50.4 Å². The van der Waals surface area contributed by atoms with E-state index in [1.807, 2.05) is 12.1 Å². The van der Waals surface area contributed by atoms with E-state index in [1.54, 1.807) is 0 Å². The second kappa shape index (κ2) is 12.4. The van der Waals surface area contributed by atoms with Gasteiger partial charge in [-0.05, 0) is 88.1 Å². The average molecular weight is 665 g/mol. The largest absolute Gasteiger partial charge is 0.456 e. The van der Waals surface area contributed by atoms with Crippen LogP contribution in [0.2, 0.25) is 0 Å². The number of benzene rings is 8. The lowest BCUT2D eigenvalue weighted by molar-refractivity contribution is 0.669. The minimum atomic E-state index is 0.861. The molecule has 244 valence electrons. The fourth-order valence-electron chi connectivity index (χ4n) is 7.41. The van der Waals surface area contributed by atoms with Gasteiger partial charge in [0.1, 0.15) is 11.2 Å². The van der Waals surface area contributed by atoms with Crippen LogP contribution in [0.4, 0.5) is 17.1 Å². The predicted molar refractivity (Wildman–Crippen MR) is 218 cm³/mol. The molecule has 0 atom stereocenters. The molecule has 0 spiro atoms. The molecule has 0 amide bonds. The Morgan fingerprint density at radius 2 is 0.904 bits per heavy atom. The first-order valence-corrected chi connectivity index (χ1v) is 17.6. The minimum absolute atomic E-state index is 0.861. The van der Waals surface area contributed by atoms with Crippen LogP contribution in [0, 0.1) is 0 Å². The van der Waals surface area contributed by atoms with Gasteiger partial charge >= 0.3 is 0 Å². The first-order chi connectivity index (χ1) is 25.7. The Morgan fingerprint density at radius 3 is 1.62 bits per heavy atom. The van der Waals surface area contributed by atoms with Gasteiger partial charge in [-0.3, -0.25) is 0 Å². The van der Waals surface area contributed by atoms with Crippen molar-refractivity contribution in [1.29, 1.82) is 0 Å². The number of para-hydroxylation sites is 1. The molecule has 0 aliphatic heterocycles. The molecule has 0 saturated heterocycles. The van der Waals surface area contributed by atoms with Crippen molar-refractivity contribution in [2.45, 2.75) is 0 Å². The highest BCUT2D eigenvalue weighted by atomic mass is 16.3. The zero-order valence-electron chi connectivity index (χ0n) is 28.3. The third-order valence-corrected chi connectivity index (χ3v) is 10.0. The molecule has 2 aromatic heterocycles. The Balaban J connectivity index is 1.10. The molecule has 0 unspecified atom stereocenters. The monoisotopic (exact) mass is 664 g/mol. The molecule has 3 heteroatoms. The van der Waals surface area contributed by atoms with Crippen LogP contribution >= 0.6 is 0 Å². The summed E-state index contributed by atoms with van der Waals surface area (Å²) < 4.78 is 6.53. The average Bonchev–Trinajstić information content (AvgIpc) is 3.57. The number of pyridine rings is 1. The van der Waals surface area contributed by atoms with E-state index in [1.165, 1.54) is 21.9 Å². The van der Waals surface area contributed by atoms with Crippen LogP contribution in [0.1, 0.15) is 0 Å². The third kappa shape index (κ3) is 5.28. The van der Waals surface area contributed by atoms with Crippen LogP contribution in [0.25, 0.3) is 77.1 Å². The summed E-state index contributed by atoms with van der Waals surface area (Å²) in [7, 11) is 0. The van der Waals surface area contributed by atoms with E-state index in [0.29, 0.717) is 0 Å². The molecule has 10 aromatic rings. The lowest BCUT2D eigenvalue weighted by Gasteiger charge is -2.26. The van der Waals surface area contributed by atoms with Gasteiger partial charge in [0.05, 0.1) is 11.2 Å². The van der Waals surface area contributed by atoms with E-state index in [0.717, 1.165) is 72.3 Å². The number of hydrogen-bond donors (Lipinski definition) is 0. The second-order valence-electron chi connectivity index (χ2n) is 13.2. The van der Waals surface area contributed by atoms with Crippen molar-refractivity contribution in [2.24, 2.45) is 0 Å². The molecular weight excluding hydrogens is 633 g/mol. The summed E-state index contributed by atoms with van der Waals surface area (Å²) in [5.74, 6) is 0. The summed E-state index contributed by atoms with van der Waals surface area (Å²) in [5, 5.41) is 5.73. The van der Waals surface area contributed by atoms with Crippen LogP contribution in [-0.2, 0) is 0 Å². The maximum atomic E-state index is 6.53. The van der Waals surface area contributed by atoms with Gasteiger partial charge in [-0.2, -0.15) is 0 Å². The maximum Gasteiger partial charge on any atom is 0.137 e. The molecule has 2 heterocycles.